The molecule has 0 amide bonds. The SMILES string of the molecule is CC1=CCc2c(cc3oc(C)cc(=O)c3c2O)OC1.COc1cc(O)c2c(=O)cc(C)oc2c1CC=C(C)C. The first kappa shape index (κ1) is 27.6. The standard InChI is InChI=1S/C16H18O4.C15H14O4/c1-9(2)5-6-11-14(19-4)8-13(18)15-12(17)7-10(3)20-16(11)15;1-8-3-4-10-12(18-7-8)6-13-14(15(10)17)11(16)5-9(2)19-13/h5,7-8,18H,6H2,1-4H3;3,5-6,17H,4,7H2,1-2H3. The second kappa shape index (κ2) is 11.1. The number of hydrogen-bond donors (Lipinski definition) is 2. The molecule has 1 aliphatic heterocycles. The Hall–Kier alpha value is -4.46. The van der Waals surface area contributed by atoms with Gasteiger partial charge in [-0.25, -0.2) is 0 Å². The van der Waals surface area contributed by atoms with Crippen molar-refractivity contribution in [3.8, 4) is 23.0 Å². The first-order valence-corrected chi connectivity index (χ1v) is 12.5. The lowest BCUT2D eigenvalue weighted by Gasteiger charge is -2.11. The van der Waals surface area contributed by atoms with Gasteiger partial charge in [0, 0.05) is 35.4 Å². The van der Waals surface area contributed by atoms with Crippen LogP contribution in [0.3, 0.4) is 0 Å². The number of phenolic OH excluding ortho intramolecular Hbond substituents is 2. The first-order valence-electron chi connectivity index (χ1n) is 12.5. The van der Waals surface area contributed by atoms with Crippen LogP contribution in [0.1, 0.15) is 43.4 Å². The highest BCUT2D eigenvalue weighted by molar-refractivity contribution is 5.88. The van der Waals surface area contributed by atoms with E-state index in [-0.39, 0.29) is 33.1 Å². The van der Waals surface area contributed by atoms with Gasteiger partial charge in [-0.2, -0.15) is 0 Å². The van der Waals surface area contributed by atoms with Crippen LogP contribution in [0.15, 0.2) is 66.0 Å². The smallest absolute Gasteiger partial charge is 0.196 e. The van der Waals surface area contributed by atoms with E-state index in [0.717, 1.165) is 16.7 Å². The van der Waals surface area contributed by atoms with Crippen LogP contribution in [-0.4, -0.2) is 23.9 Å². The maximum absolute atomic E-state index is 12.0. The summed E-state index contributed by atoms with van der Waals surface area (Å²) in [5, 5.41) is 20.7. The van der Waals surface area contributed by atoms with Crippen molar-refractivity contribution in [2.45, 2.75) is 47.5 Å². The zero-order valence-electron chi connectivity index (χ0n) is 22.9. The average Bonchev–Trinajstić information content (AvgIpc) is 3.04. The number of hydrogen-bond acceptors (Lipinski definition) is 8. The van der Waals surface area contributed by atoms with Gasteiger partial charge in [0.05, 0.1) is 7.11 Å². The molecule has 0 atom stereocenters. The number of rotatable bonds is 3. The van der Waals surface area contributed by atoms with Crippen LogP contribution in [0.2, 0.25) is 0 Å². The summed E-state index contributed by atoms with van der Waals surface area (Å²) in [5.74, 6) is 1.96. The second-order valence-corrected chi connectivity index (χ2v) is 9.83. The molecule has 5 rings (SSSR count). The molecule has 8 heteroatoms. The molecular formula is C31H32O8. The summed E-state index contributed by atoms with van der Waals surface area (Å²) >= 11 is 0. The van der Waals surface area contributed by atoms with Crippen molar-refractivity contribution in [2.24, 2.45) is 0 Å². The third kappa shape index (κ3) is 5.70. The number of benzene rings is 2. The Bertz CT molecular complexity index is 1750. The van der Waals surface area contributed by atoms with E-state index in [1.807, 2.05) is 32.9 Å². The van der Waals surface area contributed by atoms with Crippen LogP contribution < -0.4 is 20.3 Å². The first-order chi connectivity index (χ1) is 18.5. The third-order valence-corrected chi connectivity index (χ3v) is 6.39. The third-order valence-electron chi connectivity index (χ3n) is 6.39. The molecule has 2 aromatic heterocycles. The van der Waals surface area contributed by atoms with Crippen LogP contribution in [0.25, 0.3) is 21.9 Å². The van der Waals surface area contributed by atoms with Crippen LogP contribution in [0.5, 0.6) is 23.0 Å². The average molecular weight is 533 g/mol. The molecule has 0 fully saturated rings. The van der Waals surface area contributed by atoms with Gasteiger partial charge in [-0.1, -0.05) is 17.7 Å². The van der Waals surface area contributed by atoms with Gasteiger partial charge in [0.15, 0.2) is 10.9 Å². The zero-order chi connectivity index (χ0) is 28.4. The van der Waals surface area contributed by atoms with E-state index in [2.05, 4.69) is 0 Å². The monoisotopic (exact) mass is 532 g/mol. The Kier molecular flexibility index (Phi) is 7.85. The van der Waals surface area contributed by atoms with Crippen LogP contribution in [-0.2, 0) is 12.8 Å². The number of fused-ring (bicyclic) bond motifs is 3. The summed E-state index contributed by atoms with van der Waals surface area (Å²) in [6, 6.07) is 5.90. The molecule has 0 saturated heterocycles. The van der Waals surface area contributed by atoms with Crippen molar-refractivity contribution in [1.29, 1.82) is 0 Å². The number of phenols is 2. The number of ether oxygens (including phenoxy) is 2. The van der Waals surface area contributed by atoms with Gasteiger partial charge in [0.25, 0.3) is 0 Å². The van der Waals surface area contributed by atoms with Crippen LogP contribution in [0.4, 0.5) is 0 Å². The number of allylic oxidation sites excluding steroid dienone is 3. The number of aromatic hydroxyl groups is 2. The second-order valence-electron chi connectivity index (χ2n) is 9.83. The molecule has 0 saturated carbocycles. The van der Waals surface area contributed by atoms with E-state index in [1.54, 1.807) is 19.9 Å². The zero-order valence-corrected chi connectivity index (χ0v) is 22.9. The highest BCUT2D eigenvalue weighted by Gasteiger charge is 2.19. The highest BCUT2D eigenvalue weighted by Crippen LogP contribution is 2.37. The number of aryl methyl sites for hydroxylation is 2. The van der Waals surface area contributed by atoms with Crippen molar-refractivity contribution >= 4 is 21.9 Å². The molecule has 39 heavy (non-hydrogen) atoms. The minimum atomic E-state index is -0.248. The fourth-order valence-corrected chi connectivity index (χ4v) is 4.44. The van der Waals surface area contributed by atoms with Crippen molar-refractivity contribution < 1.29 is 28.5 Å². The van der Waals surface area contributed by atoms with Gasteiger partial charge in [0.2, 0.25) is 0 Å². The molecule has 0 bridgehead atoms. The van der Waals surface area contributed by atoms with E-state index in [1.165, 1.54) is 25.3 Å². The predicted octanol–water partition coefficient (Wildman–Crippen LogP) is 6.01. The van der Waals surface area contributed by atoms with Crippen LogP contribution in [0, 0.1) is 13.8 Å². The lowest BCUT2D eigenvalue weighted by Crippen LogP contribution is -2.04. The van der Waals surface area contributed by atoms with Gasteiger partial charge < -0.3 is 28.5 Å². The van der Waals surface area contributed by atoms with Crippen molar-refractivity contribution in [1.82, 2.24) is 0 Å². The Morgan fingerprint density at radius 2 is 1.64 bits per heavy atom. The van der Waals surface area contributed by atoms with Gasteiger partial charge in [-0.05, 0) is 53.0 Å². The largest absolute Gasteiger partial charge is 0.507 e. The van der Waals surface area contributed by atoms with Gasteiger partial charge >= 0.3 is 0 Å². The maximum Gasteiger partial charge on any atom is 0.196 e. The lowest BCUT2D eigenvalue weighted by molar-refractivity contribution is 0.349. The fourth-order valence-electron chi connectivity index (χ4n) is 4.44. The normalized spacial score (nSPS) is 12.5. The fraction of sp³-hybridized carbons (Fsp3) is 0.290. The Morgan fingerprint density at radius 3 is 2.31 bits per heavy atom. The number of methoxy groups -OCH3 is 1. The van der Waals surface area contributed by atoms with E-state index < -0.39 is 0 Å². The molecule has 0 aliphatic carbocycles. The lowest BCUT2D eigenvalue weighted by atomic mass is 10.0. The van der Waals surface area contributed by atoms with Crippen molar-refractivity contribution in [2.75, 3.05) is 13.7 Å². The molecule has 8 nitrogen and oxygen atoms in total. The molecule has 0 radical (unpaired) electrons. The summed E-state index contributed by atoms with van der Waals surface area (Å²) in [5.41, 5.74) is 3.93. The molecule has 0 unspecified atom stereocenters. The van der Waals surface area contributed by atoms with Gasteiger partial charge in [0.1, 0.15) is 63.1 Å². The Balaban J connectivity index is 0.000000181. The topological polar surface area (TPSA) is 119 Å². The van der Waals surface area contributed by atoms with Crippen molar-refractivity contribution in [3.05, 3.63) is 90.7 Å². The van der Waals surface area contributed by atoms with E-state index in [9.17, 15) is 19.8 Å². The van der Waals surface area contributed by atoms with Crippen molar-refractivity contribution in [3.63, 3.8) is 0 Å². The van der Waals surface area contributed by atoms with Gasteiger partial charge in [-0.3, -0.25) is 9.59 Å². The molecule has 4 aromatic rings. The molecule has 2 aromatic carbocycles. The molecule has 0 spiro atoms. The van der Waals surface area contributed by atoms with E-state index >= 15 is 0 Å². The predicted molar refractivity (Wildman–Crippen MR) is 150 cm³/mol. The Labute approximate surface area is 225 Å². The Morgan fingerprint density at radius 1 is 0.974 bits per heavy atom. The van der Waals surface area contributed by atoms with Gasteiger partial charge in [-0.15, -0.1) is 0 Å². The minimum Gasteiger partial charge on any atom is -0.507 e. The molecular weight excluding hydrogens is 500 g/mol. The van der Waals surface area contributed by atoms with E-state index in [4.69, 9.17) is 18.3 Å². The molecule has 2 N–H and O–H groups in total. The summed E-state index contributed by atoms with van der Waals surface area (Å²) in [4.78, 5) is 24.0. The summed E-state index contributed by atoms with van der Waals surface area (Å²) < 4.78 is 22.1. The molecule has 1 aliphatic rings. The highest BCUT2D eigenvalue weighted by atomic mass is 16.5. The minimum absolute atomic E-state index is 0.0350. The maximum atomic E-state index is 12.0. The summed E-state index contributed by atoms with van der Waals surface area (Å²) in [6.45, 7) is 9.86. The quantitative estimate of drug-likeness (QED) is 0.308. The van der Waals surface area contributed by atoms with Crippen LogP contribution >= 0.6 is 0 Å². The molecule has 3 heterocycles. The van der Waals surface area contributed by atoms with E-state index in [0.29, 0.717) is 59.2 Å². The summed E-state index contributed by atoms with van der Waals surface area (Å²) in [6.07, 6.45) is 5.15. The molecule has 204 valence electrons. The summed E-state index contributed by atoms with van der Waals surface area (Å²) in [7, 11) is 1.53.